The van der Waals surface area contributed by atoms with Gasteiger partial charge < -0.3 is 34.5 Å². The number of nitrogens with zero attached hydrogens (tertiary/aromatic N) is 1. The number of benzene rings is 3. The third kappa shape index (κ3) is 7.94. The maximum Gasteiger partial charge on any atom is 1.00 e. The van der Waals surface area contributed by atoms with Crippen molar-refractivity contribution < 1.29 is 53.2 Å². The molecule has 0 heterocycles. The van der Waals surface area contributed by atoms with Gasteiger partial charge in [-0.25, -0.2) is 0 Å². The molecule has 0 bridgehead atoms. The maximum atomic E-state index is 12.6. The number of aliphatic hydroxyl groups is 1. The van der Waals surface area contributed by atoms with Crippen LogP contribution in [0.25, 0.3) is 0 Å². The number of aliphatic hydroxyl groups excluding tert-OH is 1. The second-order valence-corrected chi connectivity index (χ2v) is 8.10. The molecule has 0 radical (unpaired) electrons. The molecule has 9 heteroatoms. The zero-order valence-corrected chi connectivity index (χ0v) is 22.1. The first-order valence-electron chi connectivity index (χ1n) is 11.8. The molecule has 0 spiro atoms. The molecule has 3 aromatic rings. The summed E-state index contributed by atoms with van der Waals surface area (Å²) in [6.07, 6.45) is 1.81. The largest absolute Gasteiger partial charge is 1.00 e. The fourth-order valence-corrected chi connectivity index (χ4v) is 4.18. The van der Waals surface area contributed by atoms with Gasteiger partial charge in [0, 0.05) is 19.5 Å². The molecule has 0 saturated carbocycles. The Morgan fingerprint density at radius 1 is 0.842 bits per heavy atom. The number of hydrogen-bond donors (Lipinski definition) is 1. The fourth-order valence-electron chi connectivity index (χ4n) is 4.18. The molecule has 8 nitrogen and oxygen atoms in total. The van der Waals surface area contributed by atoms with Crippen molar-refractivity contribution in [2.24, 2.45) is 0 Å². The molecule has 0 aliphatic rings. The van der Waals surface area contributed by atoms with Crippen LogP contribution in [0.2, 0.25) is 0 Å². The zero-order chi connectivity index (χ0) is 25.8. The molecule has 1 amide bonds. The molecular weight excluding hydrogens is 481 g/mol. The first-order valence-corrected chi connectivity index (χ1v) is 11.8. The minimum absolute atomic E-state index is 0. The summed E-state index contributed by atoms with van der Waals surface area (Å²) in [6, 6.07) is 25.3. The summed E-state index contributed by atoms with van der Waals surface area (Å²) in [5.41, 5.74) is 1.69. The molecule has 3 rings (SSSR count). The van der Waals surface area contributed by atoms with Crippen molar-refractivity contribution in [1.82, 2.24) is 4.90 Å². The molecule has 2 N–H and O–H groups in total. The average molecular weight is 515 g/mol. The third-order valence-corrected chi connectivity index (χ3v) is 6.02. The van der Waals surface area contributed by atoms with Gasteiger partial charge in [-0.05, 0) is 41.0 Å². The third-order valence-electron chi connectivity index (χ3n) is 6.02. The second-order valence-electron chi connectivity index (χ2n) is 8.10. The van der Waals surface area contributed by atoms with Gasteiger partial charge in [0.05, 0.1) is 27.4 Å². The number of carbonyl (C=O) groups excluding carboxylic acids is 2. The quantitative estimate of drug-likeness (QED) is 0.190. The van der Waals surface area contributed by atoms with E-state index in [9.17, 15) is 14.7 Å². The molecule has 0 aromatic heterocycles. The molecule has 3 aromatic carbocycles. The van der Waals surface area contributed by atoms with Crippen molar-refractivity contribution in [2.75, 3.05) is 40.5 Å². The summed E-state index contributed by atoms with van der Waals surface area (Å²) >= 11 is 0. The van der Waals surface area contributed by atoms with Gasteiger partial charge in [-0.3, -0.25) is 11.1 Å². The fraction of sp³-hybridized carbons (Fsp3) is 0.310. The van der Waals surface area contributed by atoms with Crippen LogP contribution in [-0.4, -0.2) is 68.2 Å². The van der Waals surface area contributed by atoms with E-state index in [1.54, 1.807) is 20.5 Å². The molecule has 0 fully saturated rings. The minimum atomic E-state index is -0.996. The van der Waals surface area contributed by atoms with E-state index in [4.69, 9.17) is 14.2 Å². The van der Waals surface area contributed by atoms with Gasteiger partial charge in [0.25, 0.3) is 0 Å². The summed E-state index contributed by atoms with van der Waals surface area (Å²) < 4.78 is 17.5. The molecule has 198 valence electrons. The summed E-state index contributed by atoms with van der Waals surface area (Å²) in [6.45, 7) is 0.407. The Hall–Kier alpha value is -3.12. The summed E-state index contributed by atoms with van der Waals surface area (Å²) in [5.74, 6) is 1.22. The van der Waals surface area contributed by atoms with Crippen LogP contribution in [0.15, 0.2) is 78.9 Å². The van der Waals surface area contributed by atoms with E-state index in [-0.39, 0.29) is 69.4 Å². The summed E-state index contributed by atoms with van der Waals surface area (Å²) in [4.78, 5) is 24.7. The number of methoxy groups -OCH3 is 2. The number of hydrogen-bond acceptors (Lipinski definition) is 7. The van der Waals surface area contributed by atoms with E-state index in [1.807, 2.05) is 78.9 Å². The Morgan fingerprint density at radius 2 is 1.34 bits per heavy atom. The molecule has 38 heavy (non-hydrogen) atoms. The standard InChI is InChI=1S/C29H32NO6.Li.H2O/c1-34-26-14-10-24(11-15-26)29(23-7-4-3-5-8-23,25-12-16-27(35-2)17-13-25)36-22-19-30(18-21-32)28(33)9-6-20-31;;/h3-5,7-8,10-17,32H,6,9,18-19,21-22H2,1-2H3;;1H2/q-1;+1;/p-1. The predicted molar refractivity (Wildman–Crippen MR) is 139 cm³/mol. The maximum absolute atomic E-state index is 12.6. The van der Waals surface area contributed by atoms with Gasteiger partial charge in [-0.1, -0.05) is 54.6 Å². The molecule has 0 saturated heterocycles. The minimum Gasteiger partial charge on any atom is -0.870 e. The van der Waals surface area contributed by atoms with E-state index in [0.717, 1.165) is 28.2 Å². The molecule has 0 unspecified atom stereocenters. The van der Waals surface area contributed by atoms with Crippen molar-refractivity contribution >= 4 is 12.2 Å². The van der Waals surface area contributed by atoms with Gasteiger partial charge in [-0.15, -0.1) is 6.42 Å². The van der Waals surface area contributed by atoms with Crippen LogP contribution in [0.5, 0.6) is 11.5 Å². The number of amides is 1. The molecule has 0 aliphatic carbocycles. The smallest absolute Gasteiger partial charge is 0.870 e. The predicted octanol–water partition coefficient (Wildman–Crippen LogP) is 0.550. The Balaban J connectivity index is 0.00000361. The number of rotatable bonds is 14. The van der Waals surface area contributed by atoms with Crippen molar-refractivity contribution in [2.45, 2.75) is 18.4 Å². The average Bonchev–Trinajstić information content (AvgIpc) is 2.94. The van der Waals surface area contributed by atoms with E-state index >= 15 is 0 Å². The SMILES string of the molecule is COc1ccc(C(OCCN(CCO)C(=O)CC[C-]=O)(c2ccccc2)c2ccc(OC)cc2)cc1.[Li+].[OH-]. The van der Waals surface area contributed by atoms with Crippen LogP contribution in [0.4, 0.5) is 0 Å². The Labute approximate surface area is 236 Å². The molecular formula is C29H33LiNO7-. The van der Waals surface area contributed by atoms with Crippen molar-refractivity contribution in [3.63, 3.8) is 0 Å². The van der Waals surface area contributed by atoms with Crippen LogP contribution < -0.4 is 28.3 Å². The Kier molecular flexibility index (Phi) is 14.4. The van der Waals surface area contributed by atoms with Crippen molar-refractivity contribution in [3.05, 3.63) is 95.6 Å². The summed E-state index contributed by atoms with van der Waals surface area (Å²) in [7, 11) is 3.24. The van der Waals surface area contributed by atoms with Crippen LogP contribution in [0.3, 0.4) is 0 Å². The van der Waals surface area contributed by atoms with Crippen LogP contribution in [0.1, 0.15) is 29.5 Å². The normalized spacial score (nSPS) is 10.5. The van der Waals surface area contributed by atoms with Gasteiger partial charge in [0.15, 0.2) is 0 Å². The van der Waals surface area contributed by atoms with E-state index in [2.05, 4.69) is 0 Å². The molecule has 0 atom stereocenters. The van der Waals surface area contributed by atoms with Gasteiger partial charge in [0.1, 0.15) is 17.1 Å². The van der Waals surface area contributed by atoms with E-state index < -0.39 is 5.60 Å². The summed E-state index contributed by atoms with van der Waals surface area (Å²) in [5, 5.41) is 9.47. The Bertz CT molecular complexity index is 1040. The van der Waals surface area contributed by atoms with Crippen molar-refractivity contribution in [1.29, 1.82) is 0 Å². The Morgan fingerprint density at radius 3 is 1.79 bits per heavy atom. The van der Waals surface area contributed by atoms with Crippen molar-refractivity contribution in [3.8, 4) is 11.5 Å². The number of ether oxygens (including phenoxy) is 3. The van der Waals surface area contributed by atoms with E-state index in [1.165, 1.54) is 4.90 Å². The first-order chi connectivity index (χ1) is 17.6. The van der Waals surface area contributed by atoms with Crippen LogP contribution in [0, 0.1) is 0 Å². The van der Waals surface area contributed by atoms with Crippen LogP contribution >= 0.6 is 0 Å². The van der Waals surface area contributed by atoms with Gasteiger partial charge in [-0.2, -0.15) is 0 Å². The van der Waals surface area contributed by atoms with Gasteiger partial charge >= 0.3 is 18.9 Å². The topological polar surface area (TPSA) is 115 Å². The number of carbonyl (C=O) groups is 1. The van der Waals surface area contributed by atoms with E-state index in [0.29, 0.717) is 0 Å². The van der Waals surface area contributed by atoms with Gasteiger partial charge in [0.2, 0.25) is 5.91 Å². The van der Waals surface area contributed by atoms with Crippen LogP contribution in [-0.2, 0) is 19.9 Å². The zero-order valence-electron chi connectivity index (χ0n) is 22.1. The molecule has 0 aliphatic heterocycles. The monoisotopic (exact) mass is 514 g/mol. The second kappa shape index (κ2) is 16.7. The first kappa shape index (κ1) is 32.9.